The SMILES string of the molecule is CC(C)(C)c1ccc2c(c1)nc1n2C(=O)c2c(Cl)c(Cl)c(Cl)c(Cl)c2-1. The molecule has 2 heterocycles. The number of carbonyl (C=O) groups excluding carboxylic acids is 1. The second-order valence-corrected chi connectivity index (χ2v) is 8.55. The first-order valence-corrected chi connectivity index (χ1v) is 9.08. The van der Waals surface area contributed by atoms with Crippen molar-refractivity contribution in [3.05, 3.63) is 49.4 Å². The molecule has 7 heteroatoms. The van der Waals surface area contributed by atoms with Crippen LogP contribution in [0.3, 0.4) is 0 Å². The number of hydrogen-bond acceptors (Lipinski definition) is 2. The van der Waals surface area contributed by atoms with Crippen LogP contribution in [0.5, 0.6) is 0 Å². The third kappa shape index (κ3) is 2.26. The average Bonchev–Trinajstić information content (AvgIpc) is 3.04. The monoisotopic (exact) mass is 412 g/mol. The maximum atomic E-state index is 13.0. The van der Waals surface area contributed by atoms with Crippen molar-refractivity contribution < 1.29 is 4.79 Å². The van der Waals surface area contributed by atoms with Crippen LogP contribution in [-0.4, -0.2) is 15.5 Å². The molecule has 25 heavy (non-hydrogen) atoms. The molecule has 0 fully saturated rings. The van der Waals surface area contributed by atoms with Gasteiger partial charge in [-0.3, -0.25) is 9.36 Å². The summed E-state index contributed by atoms with van der Waals surface area (Å²) in [7, 11) is 0. The number of nitrogens with zero attached hydrogens (tertiary/aromatic N) is 2. The average molecular weight is 414 g/mol. The van der Waals surface area contributed by atoms with Crippen molar-refractivity contribution in [2.45, 2.75) is 26.2 Å². The highest BCUT2D eigenvalue weighted by molar-refractivity contribution is 6.54. The third-order valence-corrected chi connectivity index (χ3v) is 6.23. The molecule has 128 valence electrons. The van der Waals surface area contributed by atoms with Gasteiger partial charge in [0.25, 0.3) is 5.91 Å². The van der Waals surface area contributed by atoms with Gasteiger partial charge in [0.15, 0.2) is 5.82 Å². The number of hydrogen-bond donors (Lipinski definition) is 0. The van der Waals surface area contributed by atoms with E-state index in [1.807, 2.05) is 18.2 Å². The zero-order valence-corrected chi connectivity index (χ0v) is 16.6. The Labute approximate surface area is 164 Å². The fourth-order valence-electron chi connectivity index (χ4n) is 3.07. The summed E-state index contributed by atoms with van der Waals surface area (Å²) in [5.41, 5.74) is 3.19. The van der Waals surface area contributed by atoms with Crippen LogP contribution >= 0.6 is 46.4 Å². The normalized spacial score (nSPS) is 13.5. The fourth-order valence-corrected chi connectivity index (χ4v) is 4.09. The van der Waals surface area contributed by atoms with E-state index in [1.165, 1.54) is 4.57 Å². The van der Waals surface area contributed by atoms with E-state index in [9.17, 15) is 4.79 Å². The summed E-state index contributed by atoms with van der Waals surface area (Å²) in [6.07, 6.45) is 0. The van der Waals surface area contributed by atoms with Gasteiger partial charge >= 0.3 is 0 Å². The minimum Gasteiger partial charge on any atom is -0.268 e. The second kappa shape index (κ2) is 5.37. The van der Waals surface area contributed by atoms with E-state index in [2.05, 4.69) is 25.8 Å². The van der Waals surface area contributed by atoms with Gasteiger partial charge in [-0.15, -0.1) is 0 Å². The van der Waals surface area contributed by atoms with Crippen LogP contribution in [0, 0.1) is 0 Å². The Morgan fingerprint density at radius 1 is 0.920 bits per heavy atom. The molecule has 0 radical (unpaired) electrons. The molecule has 0 bridgehead atoms. The van der Waals surface area contributed by atoms with Crippen molar-refractivity contribution in [3.63, 3.8) is 0 Å². The lowest BCUT2D eigenvalue weighted by Gasteiger charge is -2.18. The van der Waals surface area contributed by atoms with Crippen LogP contribution < -0.4 is 0 Å². The largest absolute Gasteiger partial charge is 0.268 e. The minimum atomic E-state index is -0.304. The van der Waals surface area contributed by atoms with Crippen molar-refractivity contribution in [2.75, 3.05) is 0 Å². The Hall–Kier alpha value is -1.26. The predicted octanol–water partition coefficient (Wildman–Crippen LogP) is 6.62. The lowest BCUT2D eigenvalue weighted by Crippen LogP contribution is -2.11. The minimum absolute atomic E-state index is 0.0258. The number of rotatable bonds is 0. The molecule has 2 aromatic carbocycles. The van der Waals surface area contributed by atoms with Gasteiger partial charge in [-0.05, 0) is 23.1 Å². The molecular formula is C18H12Cl4N2O. The first-order chi connectivity index (χ1) is 11.6. The molecule has 1 aliphatic rings. The summed E-state index contributed by atoms with van der Waals surface area (Å²) < 4.78 is 1.51. The summed E-state index contributed by atoms with van der Waals surface area (Å²) in [4.78, 5) is 17.6. The van der Waals surface area contributed by atoms with E-state index in [0.29, 0.717) is 16.9 Å². The van der Waals surface area contributed by atoms with Crippen molar-refractivity contribution >= 4 is 63.3 Å². The highest BCUT2D eigenvalue weighted by Crippen LogP contribution is 2.49. The molecule has 0 aliphatic carbocycles. The Balaban J connectivity index is 2.08. The summed E-state index contributed by atoms with van der Waals surface area (Å²) in [5.74, 6) is 0.132. The van der Waals surface area contributed by atoms with Gasteiger partial charge < -0.3 is 0 Å². The smallest absolute Gasteiger partial charge is 0.266 e. The first kappa shape index (κ1) is 17.2. The van der Waals surface area contributed by atoms with Crippen LogP contribution in [0.15, 0.2) is 18.2 Å². The Bertz CT molecular complexity index is 1090. The maximum Gasteiger partial charge on any atom is 0.266 e. The molecule has 0 N–H and O–H groups in total. The summed E-state index contributed by atoms with van der Waals surface area (Å²) in [6.45, 7) is 6.37. The fraction of sp³-hybridized carbons (Fsp3) is 0.222. The molecule has 0 atom stereocenters. The Morgan fingerprint density at radius 2 is 1.52 bits per heavy atom. The number of halogens is 4. The van der Waals surface area contributed by atoms with Crippen molar-refractivity contribution in [1.29, 1.82) is 0 Å². The van der Waals surface area contributed by atoms with E-state index in [0.717, 1.165) is 11.1 Å². The highest BCUT2D eigenvalue weighted by Gasteiger charge is 2.37. The molecule has 4 rings (SSSR count). The van der Waals surface area contributed by atoms with Crippen molar-refractivity contribution in [2.24, 2.45) is 0 Å². The summed E-state index contributed by atoms with van der Waals surface area (Å²) >= 11 is 24.9. The maximum absolute atomic E-state index is 13.0. The van der Waals surface area contributed by atoms with Crippen LogP contribution in [0.2, 0.25) is 20.1 Å². The zero-order chi connectivity index (χ0) is 18.3. The molecule has 3 aromatic rings. The van der Waals surface area contributed by atoms with Crippen molar-refractivity contribution in [1.82, 2.24) is 9.55 Å². The zero-order valence-electron chi connectivity index (χ0n) is 13.5. The molecule has 0 amide bonds. The number of fused-ring (bicyclic) bond motifs is 5. The lowest BCUT2D eigenvalue weighted by atomic mass is 9.87. The Kier molecular flexibility index (Phi) is 3.69. The van der Waals surface area contributed by atoms with Crippen LogP contribution in [0.1, 0.15) is 36.7 Å². The van der Waals surface area contributed by atoms with Gasteiger partial charge in [-0.25, -0.2) is 4.98 Å². The van der Waals surface area contributed by atoms with Crippen LogP contribution in [0.25, 0.3) is 22.4 Å². The standard InChI is InChI=1S/C18H12Cl4N2O/c1-18(2,3)7-4-5-9-8(6-7)23-16-10-11(17(25)24(9)16)13(20)15(22)14(21)12(10)19/h4-6H,1-3H3. The topological polar surface area (TPSA) is 34.9 Å². The molecule has 1 aliphatic heterocycles. The van der Waals surface area contributed by atoms with Gasteiger partial charge in [0, 0.05) is 0 Å². The number of carbonyl (C=O) groups is 1. The molecule has 0 spiro atoms. The molecule has 0 unspecified atom stereocenters. The van der Waals surface area contributed by atoms with Gasteiger partial charge in [0.2, 0.25) is 0 Å². The molecule has 0 saturated heterocycles. The van der Waals surface area contributed by atoms with Gasteiger partial charge in [-0.1, -0.05) is 73.2 Å². The van der Waals surface area contributed by atoms with Crippen molar-refractivity contribution in [3.8, 4) is 11.4 Å². The van der Waals surface area contributed by atoms with E-state index >= 15 is 0 Å². The highest BCUT2D eigenvalue weighted by atomic mass is 35.5. The van der Waals surface area contributed by atoms with Gasteiger partial charge in [-0.2, -0.15) is 0 Å². The molecule has 1 aromatic heterocycles. The number of benzene rings is 2. The van der Waals surface area contributed by atoms with Gasteiger partial charge in [0.05, 0.1) is 42.3 Å². The Morgan fingerprint density at radius 3 is 2.12 bits per heavy atom. The van der Waals surface area contributed by atoms with E-state index < -0.39 is 0 Å². The number of aromatic nitrogens is 2. The van der Waals surface area contributed by atoms with Crippen LogP contribution in [0.4, 0.5) is 0 Å². The first-order valence-electron chi connectivity index (χ1n) is 7.57. The predicted molar refractivity (Wildman–Crippen MR) is 104 cm³/mol. The van der Waals surface area contributed by atoms with E-state index in [4.69, 9.17) is 46.4 Å². The van der Waals surface area contributed by atoms with Crippen LogP contribution in [-0.2, 0) is 5.41 Å². The van der Waals surface area contributed by atoms with E-state index in [1.54, 1.807) is 0 Å². The quantitative estimate of drug-likeness (QED) is 0.240. The summed E-state index contributed by atoms with van der Waals surface area (Å²) in [5, 5.41) is 0.479. The molecular weight excluding hydrogens is 402 g/mol. The molecule has 0 saturated carbocycles. The van der Waals surface area contributed by atoms with Gasteiger partial charge in [0.1, 0.15) is 0 Å². The van der Waals surface area contributed by atoms with E-state index in [-0.39, 0.29) is 37.0 Å². The summed E-state index contributed by atoms with van der Waals surface area (Å²) in [6, 6.07) is 5.87. The third-order valence-electron chi connectivity index (χ3n) is 4.43. The molecule has 3 nitrogen and oxygen atoms in total. The second-order valence-electron chi connectivity index (χ2n) is 7.04. The number of imidazole rings is 1. The lowest BCUT2D eigenvalue weighted by molar-refractivity contribution is 0.0973.